The van der Waals surface area contributed by atoms with Gasteiger partial charge in [-0.1, -0.05) is 18.9 Å². The number of fused-ring (bicyclic) bond motifs is 1. The van der Waals surface area contributed by atoms with Crippen molar-refractivity contribution in [1.29, 1.82) is 0 Å². The Hall–Kier alpha value is -2.32. The van der Waals surface area contributed by atoms with Crippen molar-refractivity contribution in [3.05, 3.63) is 56.1 Å². The Morgan fingerprint density at radius 2 is 2.00 bits per heavy atom. The number of hydrogen-bond acceptors (Lipinski definition) is 6. The van der Waals surface area contributed by atoms with Crippen LogP contribution in [0.5, 0.6) is 0 Å². The molecule has 3 aliphatic rings. The first-order valence-electron chi connectivity index (χ1n) is 10.5. The third kappa shape index (κ3) is 3.44. The fraction of sp³-hybridized carbons (Fsp3) is 0.619. The fourth-order valence-corrected chi connectivity index (χ4v) is 5.00. The Morgan fingerprint density at radius 3 is 2.79 bits per heavy atom. The third-order valence-corrected chi connectivity index (χ3v) is 6.52. The van der Waals surface area contributed by atoms with Crippen molar-refractivity contribution >= 4 is 0 Å². The number of aryl methyl sites for hydroxylation is 1. The number of nitrogens with zero attached hydrogens (tertiary/aromatic N) is 5. The second-order valence-corrected chi connectivity index (χ2v) is 8.70. The van der Waals surface area contributed by atoms with Crippen LogP contribution >= 0.6 is 0 Å². The van der Waals surface area contributed by atoms with Gasteiger partial charge in [0, 0.05) is 25.3 Å². The molecule has 5 rings (SSSR count). The molecule has 0 aromatic carbocycles. The lowest BCUT2D eigenvalue weighted by Crippen LogP contribution is -2.53. The quantitative estimate of drug-likeness (QED) is 0.728. The number of pyridine rings is 1. The molecule has 1 saturated heterocycles. The number of likely N-dealkylation sites (tertiary alicyclic amines) is 1. The van der Waals surface area contributed by atoms with Crippen molar-refractivity contribution in [2.45, 2.75) is 70.4 Å². The summed E-state index contributed by atoms with van der Waals surface area (Å²) < 4.78 is 9.24. The lowest BCUT2D eigenvalue weighted by atomic mass is 10.0. The highest BCUT2D eigenvalue weighted by Crippen LogP contribution is 2.32. The fourth-order valence-electron chi connectivity index (χ4n) is 5.00. The topological polar surface area (TPSA) is 82.2 Å². The van der Waals surface area contributed by atoms with Gasteiger partial charge in [-0.25, -0.2) is 4.68 Å². The zero-order chi connectivity index (χ0) is 20.0. The van der Waals surface area contributed by atoms with Crippen LogP contribution in [0.1, 0.15) is 55.4 Å². The number of ether oxygens (including phenoxy) is 1. The minimum atomic E-state index is -0.489. The van der Waals surface area contributed by atoms with Crippen LogP contribution in [0.3, 0.4) is 0 Å². The van der Waals surface area contributed by atoms with Gasteiger partial charge in [-0.15, -0.1) is 0 Å². The Morgan fingerprint density at radius 1 is 1.17 bits per heavy atom. The summed E-state index contributed by atoms with van der Waals surface area (Å²) in [7, 11) is 0. The lowest BCUT2D eigenvalue weighted by molar-refractivity contribution is -0.0861. The van der Waals surface area contributed by atoms with Crippen LogP contribution in [-0.4, -0.2) is 42.9 Å². The molecule has 0 radical (unpaired) electrons. The van der Waals surface area contributed by atoms with Crippen LogP contribution < -0.4 is 11.1 Å². The van der Waals surface area contributed by atoms with Gasteiger partial charge in [0.1, 0.15) is 12.2 Å². The summed E-state index contributed by atoms with van der Waals surface area (Å²) >= 11 is 0. The van der Waals surface area contributed by atoms with E-state index in [1.165, 1.54) is 4.68 Å². The molecule has 2 aromatic rings. The first-order valence-corrected chi connectivity index (χ1v) is 10.5. The molecule has 0 N–H and O–H groups in total. The largest absolute Gasteiger partial charge is 0.364 e. The van der Waals surface area contributed by atoms with Gasteiger partial charge < -0.3 is 4.74 Å². The van der Waals surface area contributed by atoms with Gasteiger partial charge in [-0.2, -0.15) is 5.10 Å². The molecule has 8 nitrogen and oxygen atoms in total. The predicted molar refractivity (Wildman–Crippen MR) is 107 cm³/mol. The van der Waals surface area contributed by atoms with Crippen molar-refractivity contribution in [3.63, 3.8) is 0 Å². The molecule has 154 valence electrons. The van der Waals surface area contributed by atoms with E-state index in [0.29, 0.717) is 12.4 Å². The average molecular weight is 397 g/mol. The van der Waals surface area contributed by atoms with E-state index >= 15 is 0 Å². The Kier molecular flexibility index (Phi) is 4.63. The van der Waals surface area contributed by atoms with Crippen molar-refractivity contribution in [1.82, 2.24) is 24.2 Å². The molecule has 2 aliphatic heterocycles. The number of hydrogen-bond donors (Lipinski definition) is 0. The summed E-state index contributed by atoms with van der Waals surface area (Å²) in [6.45, 7) is 5.03. The molecule has 0 bridgehead atoms. The van der Waals surface area contributed by atoms with E-state index in [0.717, 1.165) is 63.1 Å². The van der Waals surface area contributed by atoms with Crippen LogP contribution in [0.2, 0.25) is 0 Å². The molecular weight excluding hydrogens is 370 g/mol. The van der Waals surface area contributed by atoms with Gasteiger partial charge in [0.05, 0.1) is 18.3 Å². The van der Waals surface area contributed by atoms with E-state index in [4.69, 9.17) is 4.74 Å². The summed E-state index contributed by atoms with van der Waals surface area (Å²) in [6, 6.07) is 6.11. The molecule has 1 aliphatic carbocycles. The summed E-state index contributed by atoms with van der Waals surface area (Å²) in [6.07, 6.45) is 4.84. The molecule has 2 fully saturated rings. The van der Waals surface area contributed by atoms with Crippen molar-refractivity contribution < 1.29 is 4.74 Å². The number of rotatable bonds is 3. The highest BCUT2D eigenvalue weighted by atomic mass is 16.5. The lowest BCUT2D eigenvalue weighted by Gasteiger charge is -2.35. The van der Waals surface area contributed by atoms with E-state index < -0.39 is 16.7 Å². The monoisotopic (exact) mass is 397 g/mol. The first kappa shape index (κ1) is 18.7. The van der Waals surface area contributed by atoms with E-state index in [9.17, 15) is 9.59 Å². The highest BCUT2D eigenvalue weighted by Gasteiger charge is 2.43. The maximum Gasteiger partial charge on any atom is 0.332 e. The summed E-state index contributed by atoms with van der Waals surface area (Å²) in [5.41, 5.74) is 0.667. The maximum atomic E-state index is 12.9. The second-order valence-electron chi connectivity index (χ2n) is 8.70. The Labute approximate surface area is 169 Å². The molecule has 4 heterocycles. The van der Waals surface area contributed by atoms with Gasteiger partial charge in [0.25, 0.3) is 0 Å². The number of aromatic nitrogens is 4. The minimum Gasteiger partial charge on any atom is -0.364 e. The van der Waals surface area contributed by atoms with Crippen molar-refractivity contribution in [2.75, 3.05) is 13.1 Å². The molecular formula is C21H27N5O3. The van der Waals surface area contributed by atoms with Crippen LogP contribution in [0.4, 0.5) is 0 Å². The summed E-state index contributed by atoms with van der Waals surface area (Å²) in [4.78, 5) is 32.4. The Bertz CT molecular complexity index is 1040. The SMILES string of the molecule is Cc1cccc(CN2CCC3(C2)Cn2c(nn(C4CCCC4)c(=O)c2=O)CO3)n1. The Balaban J connectivity index is 1.36. The molecule has 2 aromatic heterocycles. The molecule has 1 unspecified atom stereocenters. The normalized spacial score (nSPS) is 25.0. The molecule has 1 saturated carbocycles. The van der Waals surface area contributed by atoms with Gasteiger partial charge in [0.2, 0.25) is 0 Å². The molecule has 0 amide bonds. The van der Waals surface area contributed by atoms with Gasteiger partial charge >= 0.3 is 11.1 Å². The van der Waals surface area contributed by atoms with Gasteiger partial charge in [0.15, 0.2) is 5.82 Å². The standard InChI is InChI=1S/C21H27N5O3/c1-15-5-4-6-16(22-15)11-24-10-9-21(13-24)14-25-18(12-29-21)23-26(20(28)19(25)27)17-7-2-3-8-17/h4-6,17H,2-3,7-14H2,1H3. The molecule has 8 heteroatoms. The first-order chi connectivity index (χ1) is 14.0. The smallest absolute Gasteiger partial charge is 0.332 e. The third-order valence-electron chi connectivity index (χ3n) is 6.52. The molecule has 1 atom stereocenters. The average Bonchev–Trinajstić information content (AvgIpc) is 3.36. The zero-order valence-corrected chi connectivity index (χ0v) is 16.8. The van der Waals surface area contributed by atoms with Crippen LogP contribution in [0.15, 0.2) is 27.8 Å². The highest BCUT2D eigenvalue weighted by molar-refractivity contribution is 5.11. The van der Waals surface area contributed by atoms with Crippen molar-refractivity contribution in [2.24, 2.45) is 0 Å². The van der Waals surface area contributed by atoms with E-state index in [1.54, 1.807) is 4.57 Å². The van der Waals surface area contributed by atoms with Crippen LogP contribution in [-0.2, 0) is 24.4 Å². The zero-order valence-electron chi connectivity index (χ0n) is 16.8. The molecule has 1 spiro atoms. The maximum absolute atomic E-state index is 12.9. The van der Waals surface area contributed by atoms with E-state index in [1.807, 2.05) is 25.1 Å². The second kappa shape index (κ2) is 7.18. The molecule has 29 heavy (non-hydrogen) atoms. The van der Waals surface area contributed by atoms with Crippen LogP contribution in [0.25, 0.3) is 0 Å². The summed E-state index contributed by atoms with van der Waals surface area (Å²) in [5.74, 6) is 0.575. The van der Waals surface area contributed by atoms with Gasteiger partial charge in [-0.05, 0) is 38.3 Å². The predicted octanol–water partition coefficient (Wildman–Crippen LogP) is 1.40. The van der Waals surface area contributed by atoms with Crippen LogP contribution in [0, 0.1) is 6.92 Å². The van der Waals surface area contributed by atoms with E-state index in [2.05, 4.69) is 15.0 Å². The minimum absolute atomic E-state index is 0.0563. The summed E-state index contributed by atoms with van der Waals surface area (Å²) in [5, 5.41) is 4.53. The van der Waals surface area contributed by atoms with E-state index in [-0.39, 0.29) is 12.6 Å². The van der Waals surface area contributed by atoms with Gasteiger partial charge in [-0.3, -0.25) is 24.0 Å². The van der Waals surface area contributed by atoms with Crippen molar-refractivity contribution in [3.8, 4) is 0 Å².